The molecule has 6 heteroatoms. The van der Waals surface area contributed by atoms with E-state index >= 15 is 0 Å². The van der Waals surface area contributed by atoms with E-state index in [1.54, 1.807) is 6.92 Å². The van der Waals surface area contributed by atoms with Crippen LogP contribution >= 0.6 is 34.8 Å². The Kier molecular flexibility index (Phi) is 6.26. The molecule has 1 aliphatic rings. The largest absolute Gasteiger partial charge is 0.464 e. The Balaban J connectivity index is 3.38. The Morgan fingerprint density at radius 1 is 1.32 bits per heavy atom. The van der Waals surface area contributed by atoms with Gasteiger partial charge in [0.25, 0.3) is 0 Å². The summed E-state index contributed by atoms with van der Waals surface area (Å²) in [5, 5.41) is 0. The number of alkyl halides is 3. The van der Waals surface area contributed by atoms with Gasteiger partial charge in [-0.1, -0.05) is 55.6 Å². The summed E-state index contributed by atoms with van der Waals surface area (Å²) in [7, 11) is 0. The molecule has 1 saturated carbocycles. The molecule has 0 amide bonds. The van der Waals surface area contributed by atoms with Crippen molar-refractivity contribution in [3.8, 4) is 0 Å². The molecule has 0 aromatic heterocycles. The Labute approximate surface area is 148 Å². The molecule has 1 rings (SSSR count). The molecule has 2 atom stereocenters. The molecule has 1 aliphatic carbocycles. The zero-order chi connectivity index (χ0) is 17.3. The first-order chi connectivity index (χ1) is 9.84. The van der Waals surface area contributed by atoms with Gasteiger partial charge in [0.05, 0.1) is 12.3 Å². The molecular weight excluding hydrogens is 345 g/mol. The summed E-state index contributed by atoms with van der Waals surface area (Å²) in [5.74, 6) is -0.439. The van der Waals surface area contributed by atoms with E-state index in [0.29, 0.717) is 18.6 Å². The van der Waals surface area contributed by atoms with Crippen molar-refractivity contribution >= 4 is 46.5 Å². The van der Waals surface area contributed by atoms with Crippen molar-refractivity contribution in [3.05, 3.63) is 0 Å². The molecule has 0 N–H and O–H groups in total. The standard InChI is InChI=1S/C16H26Cl3NO2/c1-7-22-13(21)15(17)8-11(14(4,5)6)9-16(18,19)12(15)20-10(2)3/h10-11H,7-9H2,1-6H3. The Morgan fingerprint density at radius 3 is 2.27 bits per heavy atom. The van der Waals surface area contributed by atoms with E-state index in [9.17, 15) is 4.79 Å². The predicted octanol–water partition coefficient (Wildman–Crippen LogP) is 5.01. The lowest BCUT2D eigenvalue weighted by Crippen LogP contribution is -2.57. The minimum absolute atomic E-state index is 0.0642. The molecule has 128 valence electrons. The first-order valence-electron chi connectivity index (χ1n) is 7.67. The van der Waals surface area contributed by atoms with Crippen LogP contribution in [-0.2, 0) is 9.53 Å². The van der Waals surface area contributed by atoms with E-state index in [1.807, 2.05) is 13.8 Å². The van der Waals surface area contributed by atoms with Crippen LogP contribution < -0.4 is 0 Å². The van der Waals surface area contributed by atoms with Gasteiger partial charge in [0, 0.05) is 6.04 Å². The van der Waals surface area contributed by atoms with Crippen LogP contribution in [0.4, 0.5) is 0 Å². The van der Waals surface area contributed by atoms with Crippen LogP contribution in [-0.4, -0.2) is 33.5 Å². The second-order valence-electron chi connectivity index (χ2n) is 7.27. The van der Waals surface area contributed by atoms with Crippen LogP contribution in [0.3, 0.4) is 0 Å². The maximum atomic E-state index is 12.5. The van der Waals surface area contributed by atoms with E-state index in [-0.39, 0.29) is 24.0 Å². The van der Waals surface area contributed by atoms with Crippen molar-refractivity contribution in [1.29, 1.82) is 0 Å². The van der Waals surface area contributed by atoms with E-state index < -0.39 is 15.2 Å². The summed E-state index contributed by atoms with van der Waals surface area (Å²) in [6, 6.07) is -0.0642. The molecule has 0 spiro atoms. The number of hydrogen-bond acceptors (Lipinski definition) is 3. The highest BCUT2D eigenvalue weighted by atomic mass is 35.5. The van der Waals surface area contributed by atoms with Gasteiger partial charge < -0.3 is 4.74 Å². The lowest BCUT2D eigenvalue weighted by molar-refractivity contribution is -0.145. The lowest BCUT2D eigenvalue weighted by Gasteiger charge is -2.46. The Hall–Kier alpha value is 0.01000. The molecule has 0 aliphatic heterocycles. The third-order valence-electron chi connectivity index (χ3n) is 3.96. The van der Waals surface area contributed by atoms with Crippen LogP contribution in [0, 0.1) is 11.3 Å². The maximum absolute atomic E-state index is 12.5. The number of halogens is 3. The molecule has 3 nitrogen and oxygen atoms in total. The summed E-state index contributed by atoms with van der Waals surface area (Å²) in [6.07, 6.45) is 0.933. The third-order valence-corrected chi connectivity index (χ3v) is 5.12. The molecule has 0 bridgehead atoms. The van der Waals surface area contributed by atoms with Gasteiger partial charge in [-0.2, -0.15) is 0 Å². The van der Waals surface area contributed by atoms with Crippen molar-refractivity contribution in [2.75, 3.05) is 6.61 Å². The first kappa shape index (κ1) is 20.1. The van der Waals surface area contributed by atoms with E-state index in [2.05, 4.69) is 25.8 Å². The van der Waals surface area contributed by atoms with Crippen molar-refractivity contribution in [2.45, 2.75) is 69.6 Å². The molecule has 0 aromatic rings. The Morgan fingerprint density at radius 2 is 1.86 bits per heavy atom. The minimum atomic E-state index is -1.40. The minimum Gasteiger partial charge on any atom is -0.464 e. The SMILES string of the molecule is CCOC(=O)C1(Cl)CC(C(C)(C)C)CC(Cl)(Cl)C1=NC(C)C. The highest BCUT2D eigenvalue weighted by Gasteiger charge is 2.58. The second kappa shape index (κ2) is 6.86. The van der Waals surface area contributed by atoms with Crippen molar-refractivity contribution in [2.24, 2.45) is 16.3 Å². The van der Waals surface area contributed by atoms with Crippen LogP contribution in [0.5, 0.6) is 0 Å². The zero-order valence-electron chi connectivity index (χ0n) is 14.2. The van der Waals surface area contributed by atoms with Crippen molar-refractivity contribution < 1.29 is 9.53 Å². The van der Waals surface area contributed by atoms with E-state index in [1.165, 1.54) is 0 Å². The molecule has 0 saturated heterocycles. The van der Waals surface area contributed by atoms with Gasteiger partial charge in [0.2, 0.25) is 0 Å². The second-order valence-corrected chi connectivity index (χ2v) is 9.40. The summed E-state index contributed by atoms with van der Waals surface area (Å²) in [5.41, 5.74) is 0.240. The van der Waals surface area contributed by atoms with Gasteiger partial charge in [0.1, 0.15) is 0 Å². The molecule has 22 heavy (non-hydrogen) atoms. The van der Waals surface area contributed by atoms with Gasteiger partial charge in [-0.25, -0.2) is 4.79 Å². The fourth-order valence-corrected chi connectivity index (χ4v) is 4.04. The molecule has 1 fully saturated rings. The van der Waals surface area contributed by atoms with Crippen LogP contribution in [0.25, 0.3) is 0 Å². The number of aliphatic imine (C=N–C) groups is 1. The van der Waals surface area contributed by atoms with E-state index in [0.717, 1.165) is 0 Å². The fourth-order valence-electron chi connectivity index (χ4n) is 2.70. The maximum Gasteiger partial charge on any atom is 0.333 e. The number of ether oxygens (including phenoxy) is 1. The monoisotopic (exact) mass is 369 g/mol. The van der Waals surface area contributed by atoms with Gasteiger partial charge in [-0.3, -0.25) is 4.99 Å². The van der Waals surface area contributed by atoms with Crippen molar-refractivity contribution in [3.63, 3.8) is 0 Å². The number of carbonyl (C=O) groups is 1. The predicted molar refractivity (Wildman–Crippen MR) is 94.4 cm³/mol. The number of nitrogens with zero attached hydrogens (tertiary/aromatic N) is 1. The van der Waals surface area contributed by atoms with Gasteiger partial charge in [-0.05, 0) is 44.9 Å². The smallest absolute Gasteiger partial charge is 0.333 e. The quantitative estimate of drug-likeness (QED) is 0.517. The summed E-state index contributed by atoms with van der Waals surface area (Å²) in [4.78, 5) is 15.6. The number of rotatable bonds is 3. The van der Waals surface area contributed by atoms with Crippen molar-refractivity contribution in [1.82, 2.24) is 0 Å². The van der Waals surface area contributed by atoms with Crippen LogP contribution in [0.15, 0.2) is 4.99 Å². The highest BCUT2D eigenvalue weighted by molar-refractivity contribution is 6.65. The Bertz CT molecular complexity index is 455. The number of hydrogen-bond donors (Lipinski definition) is 0. The fraction of sp³-hybridized carbons (Fsp3) is 0.875. The zero-order valence-corrected chi connectivity index (χ0v) is 16.4. The van der Waals surface area contributed by atoms with E-state index in [4.69, 9.17) is 39.5 Å². The average Bonchev–Trinajstić information content (AvgIpc) is 2.32. The number of carbonyl (C=O) groups excluding carboxylic acids is 1. The molecular formula is C16H26Cl3NO2. The molecule has 0 aromatic carbocycles. The highest BCUT2D eigenvalue weighted by Crippen LogP contribution is 2.52. The lowest BCUT2D eigenvalue weighted by atomic mass is 9.67. The van der Waals surface area contributed by atoms with Gasteiger partial charge in [-0.15, -0.1) is 0 Å². The normalized spacial score (nSPS) is 30.6. The average molecular weight is 371 g/mol. The summed E-state index contributed by atoms with van der Waals surface area (Å²) >= 11 is 19.8. The van der Waals surface area contributed by atoms with Gasteiger partial charge in [0.15, 0.2) is 9.21 Å². The van der Waals surface area contributed by atoms with Crippen LogP contribution in [0.1, 0.15) is 54.4 Å². The summed E-state index contributed by atoms with van der Waals surface area (Å²) in [6.45, 7) is 12.1. The molecule has 0 heterocycles. The summed E-state index contributed by atoms with van der Waals surface area (Å²) < 4.78 is 3.91. The topological polar surface area (TPSA) is 38.7 Å². The molecule has 2 unspecified atom stereocenters. The molecule has 0 radical (unpaired) electrons. The van der Waals surface area contributed by atoms with Crippen LogP contribution in [0.2, 0.25) is 0 Å². The number of esters is 1. The third kappa shape index (κ3) is 4.30. The first-order valence-corrected chi connectivity index (χ1v) is 8.80. The van der Waals surface area contributed by atoms with Gasteiger partial charge >= 0.3 is 5.97 Å².